The van der Waals surface area contributed by atoms with Crippen molar-refractivity contribution in [3.8, 4) is 11.8 Å². The van der Waals surface area contributed by atoms with E-state index in [4.69, 9.17) is 28.3 Å². The second-order valence-electron chi connectivity index (χ2n) is 7.87. The summed E-state index contributed by atoms with van der Waals surface area (Å²) in [5.74, 6) is 0.349. The maximum atomic E-state index is 12.9. The first-order valence-corrected chi connectivity index (χ1v) is 11.5. The van der Waals surface area contributed by atoms with Crippen LogP contribution in [0.5, 0.6) is 0 Å². The molecule has 33 heavy (non-hydrogen) atoms. The number of para-hydroxylation sites is 1. The quantitative estimate of drug-likeness (QED) is 0.358. The maximum absolute atomic E-state index is 12.9. The number of carbonyl (C=O) groups is 1. The fourth-order valence-corrected chi connectivity index (χ4v) is 4.38. The number of carbonyl (C=O) groups excluding carboxylic acids is 1. The highest BCUT2D eigenvalue weighted by Gasteiger charge is 2.24. The summed E-state index contributed by atoms with van der Waals surface area (Å²) in [5.41, 5.74) is 2.78. The first kappa shape index (κ1) is 22.9. The van der Waals surface area contributed by atoms with Gasteiger partial charge in [-0.25, -0.2) is 4.68 Å². The first-order chi connectivity index (χ1) is 16.0. The monoisotopic (exact) mass is 479 g/mol. The molecule has 4 rings (SSSR count). The average Bonchev–Trinajstić information content (AvgIpc) is 3.16. The van der Waals surface area contributed by atoms with Crippen LogP contribution in [-0.2, 0) is 4.79 Å². The third-order valence-electron chi connectivity index (χ3n) is 5.57. The highest BCUT2D eigenvalue weighted by Crippen LogP contribution is 2.32. The van der Waals surface area contributed by atoms with Crippen LogP contribution in [0.4, 0.5) is 11.5 Å². The average molecular weight is 480 g/mol. The van der Waals surface area contributed by atoms with Crippen molar-refractivity contribution >= 4 is 46.7 Å². The lowest BCUT2D eigenvalue weighted by Crippen LogP contribution is -2.31. The Bertz CT molecular complexity index is 1240. The van der Waals surface area contributed by atoms with Crippen LogP contribution in [0.3, 0.4) is 0 Å². The number of nitrogens with zero attached hydrogens (tertiary/aromatic N) is 4. The van der Waals surface area contributed by atoms with Crippen LogP contribution in [0, 0.1) is 18.3 Å². The fourth-order valence-electron chi connectivity index (χ4n) is 3.93. The molecule has 0 saturated carbocycles. The van der Waals surface area contributed by atoms with E-state index >= 15 is 0 Å². The number of nitrogens with one attached hydrogen (secondary N) is 1. The molecule has 0 spiro atoms. The van der Waals surface area contributed by atoms with E-state index in [0.717, 1.165) is 48.7 Å². The van der Waals surface area contributed by atoms with E-state index in [1.807, 2.05) is 48.0 Å². The minimum Gasteiger partial charge on any atom is -0.356 e. The van der Waals surface area contributed by atoms with E-state index in [1.165, 1.54) is 12.5 Å². The molecule has 1 N–H and O–H groups in total. The van der Waals surface area contributed by atoms with Gasteiger partial charge in [0.05, 0.1) is 22.1 Å². The van der Waals surface area contributed by atoms with E-state index in [9.17, 15) is 10.1 Å². The van der Waals surface area contributed by atoms with Crippen molar-refractivity contribution in [1.29, 1.82) is 5.26 Å². The molecule has 0 unspecified atom stereocenters. The van der Waals surface area contributed by atoms with E-state index < -0.39 is 5.91 Å². The Morgan fingerprint density at radius 3 is 2.52 bits per heavy atom. The third-order valence-corrected chi connectivity index (χ3v) is 6.12. The van der Waals surface area contributed by atoms with Gasteiger partial charge in [0.25, 0.3) is 5.91 Å². The Balaban J connectivity index is 1.75. The van der Waals surface area contributed by atoms with Crippen LogP contribution in [0.15, 0.2) is 54.1 Å². The van der Waals surface area contributed by atoms with E-state index in [1.54, 1.807) is 18.2 Å². The van der Waals surface area contributed by atoms with Gasteiger partial charge in [-0.1, -0.05) is 41.4 Å². The Kier molecular flexibility index (Phi) is 7.02. The van der Waals surface area contributed by atoms with Crippen LogP contribution in [0.1, 0.15) is 30.5 Å². The van der Waals surface area contributed by atoms with Crippen molar-refractivity contribution in [2.24, 2.45) is 0 Å². The maximum Gasteiger partial charge on any atom is 0.266 e. The van der Waals surface area contributed by atoms with Gasteiger partial charge >= 0.3 is 0 Å². The normalized spacial score (nSPS) is 14.1. The van der Waals surface area contributed by atoms with Crippen molar-refractivity contribution in [3.05, 3.63) is 75.4 Å². The van der Waals surface area contributed by atoms with Gasteiger partial charge in [-0.3, -0.25) is 4.79 Å². The molecule has 1 aliphatic rings. The molecule has 0 atom stereocenters. The number of piperidine rings is 1. The second-order valence-corrected chi connectivity index (χ2v) is 8.71. The summed E-state index contributed by atoms with van der Waals surface area (Å²) in [6.45, 7) is 3.68. The molecule has 1 aliphatic heterocycles. The van der Waals surface area contributed by atoms with Gasteiger partial charge in [-0.15, -0.1) is 0 Å². The lowest BCUT2D eigenvalue weighted by atomic mass is 10.1. The highest BCUT2D eigenvalue weighted by atomic mass is 35.5. The lowest BCUT2D eigenvalue weighted by Gasteiger charge is -2.29. The zero-order valence-corrected chi connectivity index (χ0v) is 19.7. The van der Waals surface area contributed by atoms with Crippen LogP contribution in [0.25, 0.3) is 11.8 Å². The molecule has 1 amide bonds. The fraction of sp³-hybridized carbons (Fsp3) is 0.240. The third kappa shape index (κ3) is 5.05. The first-order valence-electron chi connectivity index (χ1n) is 10.8. The smallest absolute Gasteiger partial charge is 0.266 e. The lowest BCUT2D eigenvalue weighted by molar-refractivity contribution is -0.112. The number of aryl methyl sites for hydroxylation is 1. The molecule has 3 aromatic rings. The van der Waals surface area contributed by atoms with Gasteiger partial charge in [0.1, 0.15) is 17.5 Å². The summed E-state index contributed by atoms with van der Waals surface area (Å²) in [4.78, 5) is 15.2. The summed E-state index contributed by atoms with van der Waals surface area (Å²) in [6, 6.07) is 16.7. The van der Waals surface area contributed by atoms with Gasteiger partial charge in [-0.05, 0) is 62.6 Å². The molecule has 1 aromatic heterocycles. The predicted octanol–water partition coefficient (Wildman–Crippen LogP) is 6.02. The summed E-state index contributed by atoms with van der Waals surface area (Å²) in [7, 11) is 0. The molecular weight excluding hydrogens is 457 g/mol. The number of hydrogen-bond donors (Lipinski definition) is 1. The van der Waals surface area contributed by atoms with E-state index in [-0.39, 0.29) is 5.57 Å². The van der Waals surface area contributed by atoms with Crippen LogP contribution >= 0.6 is 23.2 Å². The number of aromatic nitrogens is 2. The van der Waals surface area contributed by atoms with Crippen molar-refractivity contribution in [2.45, 2.75) is 26.2 Å². The molecular formula is C25H23Cl2N5O. The number of amides is 1. The molecule has 168 valence electrons. The van der Waals surface area contributed by atoms with Gasteiger partial charge in [0.15, 0.2) is 0 Å². The minimum atomic E-state index is -0.543. The molecule has 2 aromatic carbocycles. The van der Waals surface area contributed by atoms with Crippen molar-refractivity contribution in [3.63, 3.8) is 0 Å². The van der Waals surface area contributed by atoms with Gasteiger partial charge < -0.3 is 10.2 Å². The van der Waals surface area contributed by atoms with Crippen molar-refractivity contribution in [2.75, 3.05) is 23.3 Å². The van der Waals surface area contributed by atoms with Crippen LogP contribution in [-0.4, -0.2) is 28.8 Å². The molecule has 0 radical (unpaired) electrons. The van der Waals surface area contributed by atoms with Crippen molar-refractivity contribution in [1.82, 2.24) is 9.78 Å². The van der Waals surface area contributed by atoms with E-state index in [0.29, 0.717) is 15.7 Å². The Hall–Kier alpha value is -3.27. The zero-order valence-electron chi connectivity index (χ0n) is 18.2. The Morgan fingerprint density at radius 1 is 1.12 bits per heavy atom. The number of anilines is 2. The summed E-state index contributed by atoms with van der Waals surface area (Å²) < 4.78 is 1.90. The van der Waals surface area contributed by atoms with Crippen LogP contribution < -0.4 is 10.2 Å². The summed E-state index contributed by atoms with van der Waals surface area (Å²) >= 11 is 12.1. The van der Waals surface area contributed by atoms with Crippen LogP contribution in [0.2, 0.25) is 10.0 Å². The summed E-state index contributed by atoms with van der Waals surface area (Å²) in [5, 5.41) is 18.0. The van der Waals surface area contributed by atoms with Crippen molar-refractivity contribution < 1.29 is 4.79 Å². The Morgan fingerprint density at radius 2 is 1.85 bits per heavy atom. The molecule has 1 saturated heterocycles. The number of nitriles is 1. The molecule has 8 heteroatoms. The SMILES string of the molecule is Cc1nn(-c2ccccc2)c(N2CCCCC2)c1/C=C(\C#N)C(=O)Nc1ccc(Cl)cc1Cl. The Labute approximate surface area is 203 Å². The van der Waals surface area contributed by atoms with Gasteiger partial charge in [-0.2, -0.15) is 10.4 Å². The zero-order chi connectivity index (χ0) is 23.4. The van der Waals surface area contributed by atoms with Gasteiger partial charge in [0.2, 0.25) is 0 Å². The van der Waals surface area contributed by atoms with Gasteiger partial charge in [0, 0.05) is 23.7 Å². The standard InChI is InChI=1S/C25H23Cl2N5O/c1-17-21(14-18(16-28)24(33)29-23-11-10-19(26)15-22(23)27)25(31-12-6-3-7-13-31)32(30-17)20-8-4-2-5-9-20/h2,4-5,8-11,14-15H,3,6-7,12-13H2,1H3,(H,29,33)/b18-14+. The largest absolute Gasteiger partial charge is 0.356 e. The molecule has 0 aliphatic carbocycles. The number of rotatable bonds is 5. The number of benzene rings is 2. The minimum absolute atomic E-state index is 0.0324. The summed E-state index contributed by atoms with van der Waals surface area (Å²) in [6.07, 6.45) is 4.98. The molecule has 2 heterocycles. The highest BCUT2D eigenvalue weighted by molar-refractivity contribution is 6.36. The molecule has 1 fully saturated rings. The second kappa shape index (κ2) is 10.1. The predicted molar refractivity (Wildman–Crippen MR) is 133 cm³/mol. The van der Waals surface area contributed by atoms with E-state index in [2.05, 4.69) is 10.2 Å². The topological polar surface area (TPSA) is 74.0 Å². The number of hydrogen-bond acceptors (Lipinski definition) is 4. The number of halogens is 2. The molecule has 6 nitrogen and oxygen atoms in total. The molecule has 0 bridgehead atoms.